The van der Waals surface area contributed by atoms with E-state index in [0.717, 1.165) is 50.7 Å². The number of aliphatic hydroxyl groups is 6. The topological polar surface area (TPSA) is 207 Å². The van der Waals surface area contributed by atoms with E-state index in [1.165, 1.54) is 49.7 Å². The largest absolute Gasteiger partial charge is 0.396 e. The van der Waals surface area contributed by atoms with E-state index in [2.05, 4.69) is 48.8 Å². The molecular formula is C52H81N5O7S2. The molecule has 0 radical (unpaired) electrons. The van der Waals surface area contributed by atoms with Crippen molar-refractivity contribution in [3.63, 3.8) is 0 Å². The summed E-state index contributed by atoms with van der Waals surface area (Å²) in [6, 6.07) is 0.145. The third-order valence-corrected chi connectivity index (χ3v) is 23.2. The second-order valence-electron chi connectivity index (χ2n) is 23.9. The number of carbonyl (C=O) groups is 1. The molecule has 2 spiro atoms. The number of fused-ring (bicyclic) bond motifs is 10. The van der Waals surface area contributed by atoms with Crippen LogP contribution in [0.3, 0.4) is 0 Å². The molecule has 0 amide bonds. The maximum Gasteiger partial charge on any atom is 0.190 e. The van der Waals surface area contributed by atoms with Crippen LogP contribution in [0.5, 0.6) is 0 Å². The first kappa shape index (κ1) is 49.1. The Bertz CT molecular complexity index is 2030. The van der Waals surface area contributed by atoms with Gasteiger partial charge in [0.1, 0.15) is 6.23 Å². The van der Waals surface area contributed by atoms with Crippen molar-refractivity contribution in [1.29, 1.82) is 0 Å². The minimum atomic E-state index is -1.63. The number of aromatic nitrogens is 2. The number of aliphatic hydroxyl groups excluding tert-OH is 5. The van der Waals surface area contributed by atoms with Gasteiger partial charge in [-0.1, -0.05) is 86.1 Å². The van der Waals surface area contributed by atoms with Gasteiger partial charge >= 0.3 is 0 Å². The van der Waals surface area contributed by atoms with Crippen LogP contribution in [-0.2, 0) is 4.79 Å². The fourth-order valence-corrected chi connectivity index (χ4v) is 20.6. The third kappa shape index (κ3) is 8.20. The van der Waals surface area contributed by atoms with E-state index in [1.54, 1.807) is 13.0 Å². The summed E-state index contributed by atoms with van der Waals surface area (Å²) in [5.74, 6) is -1.51. The number of hydrogen-bond donors (Lipinski definition) is 8. The quantitative estimate of drug-likeness (QED) is 0.0484. The standard InChI is InChI=1S/C52H81N5O7S2/c1-31-36-22-44(52(64)39-21-41(61)38-20-42(62)43(63)26-48(38,5)45(39)34(24-50(36,52)29-58)27-55-46(53)56-32(2)59)51(15-8-9-16-51)66-65-28-35(57-18-17-54-30-57)25-47(3,4)37(19-40(31)60)33-11-10-14-49(23-33)12-6-7-13-49/h17-18,21,30-32,34-36,38,40,42-45,58-60,62-64H,6-16,19-20,22-29H2,1-5H3,(H3,53,55,56)/b37-33+/t31-,32-,34-,35+,36+,38-,40+,42+,43-,44+,45-,48-,50-,52-/m0/s1. The molecule has 12 nitrogen and oxygen atoms in total. The van der Waals surface area contributed by atoms with Gasteiger partial charge in [0.25, 0.3) is 0 Å². The SMILES string of the molecule is C[C@@H]1[C@H](O)C/C(=C2/CCCC3(CCCC3)C2)C(C)(C)C[C@@H](n2ccnc2)CSSC2(CCCC2)[C@H]2C[C@H]1[C@@]1(CO)C[C@@H](CN=C(N)N[C@H](C)O)[C@H]3C(=CC(=O)[C@@H]4C[C@@H](O)[C@@H](O)C[C@]34C)[C@]21O. The maximum atomic E-state index is 14.8. The summed E-state index contributed by atoms with van der Waals surface area (Å²) in [6.45, 7) is 10.5. The molecular weight excluding hydrogens is 871 g/mol. The Morgan fingerprint density at radius 1 is 1.00 bits per heavy atom. The van der Waals surface area contributed by atoms with E-state index < -0.39 is 52.8 Å². The lowest BCUT2D eigenvalue weighted by molar-refractivity contribution is -0.185. The number of guanidine groups is 1. The van der Waals surface area contributed by atoms with Crippen LogP contribution in [0, 0.1) is 57.2 Å². The highest BCUT2D eigenvalue weighted by Gasteiger charge is 2.76. The first-order valence-electron chi connectivity index (χ1n) is 25.7. The van der Waals surface area contributed by atoms with Gasteiger partial charge in [-0.15, -0.1) is 0 Å². The van der Waals surface area contributed by atoms with Gasteiger partial charge in [-0.2, -0.15) is 0 Å². The van der Waals surface area contributed by atoms with Gasteiger partial charge in [-0.3, -0.25) is 9.79 Å². The first-order valence-corrected chi connectivity index (χ1v) is 28.0. The fourth-order valence-electron chi connectivity index (χ4n) is 16.8. The van der Waals surface area contributed by atoms with Crippen LogP contribution in [0.4, 0.5) is 0 Å². The number of nitrogens with zero attached hydrogens (tertiary/aromatic N) is 3. The van der Waals surface area contributed by atoms with Crippen LogP contribution in [-0.4, -0.2) is 106 Å². The zero-order valence-electron chi connectivity index (χ0n) is 40.3. The van der Waals surface area contributed by atoms with Crippen LogP contribution in [0.25, 0.3) is 0 Å². The van der Waals surface area contributed by atoms with E-state index in [1.807, 2.05) is 34.1 Å². The van der Waals surface area contributed by atoms with Gasteiger partial charge in [0, 0.05) is 52.7 Å². The number of allylic oxidation sites excluding steroid dienone is 2. The summed E-state index contributed by atoms with van der Waals surface area (Å²) in [5, 5.41) is 75.6. The summed E-state index contributed by atoms with van der Waals surface area (Å²) < 4.78 is 1.90. The smallest absolute Gasteiger partial charge is 0.190 e. The molecule has 14 heteroatoms. The van der Waals surface area contributed by atoms with Crippen LogP contribution < -0.4 is 11.1 Å². The normalized spacial score (nSPS) is 44.0. The minimum Gasteiger partial charge on any atom is -0.396 e. The Kier molecular flexibility index (Phi) is 13.7. The average Bonchev–Trinajstić information content (AvgIpc) is 4.10. The number of imidazole rings is 1. The second-order valence-corrected chi connectivity index (χ2v) is 26.7. The zero-order valence-corrected chi connectivity index (χ0v) is 42.0. The van der Waals surface area contributed by atoms with E-state index in [9.17, 15) is 35.4 Å². The van der Waals surface area contributed by atoms with Crippen LogP contribution in [0.1, 0.15) is 156 Å². The lowest BCUT2D eigenvalue weighted by atomic mass is 9.42. The van der Waals surface area contributed by atoms with Crippen molar-refractivity contribution in [3.8, 4) is 0 Å². The molecule has 7 fully saturated rings. The van der Waals surface area contributed by atoms with Crippen LogP contribution in [0.2, 0.25) is 0 Å². The van der Waals surface area contributed by atoms with Crippen LogP contribution >= 0.6 is 21.6 Å². The number of hydrogen-bond acceptors (Lipinski definition) is 11. The first-order chi connectivity index (χ1) is 31.3. The molecule has 1 aliphatic heterocycles. The van der Waals surface area contributed by atoms with E-state index in [-0.39, 0.29) is 77.6 Å². The summed E-state index contributed by atoms with van der Waals surface area (Å²) in [5.41, 5.74) is 6.47. The third-order valence-electron chi connectivity index (χ3n) is 19.8. The number of carbonyl (C=O) groups excluding carboxylic acids is 1. The summed E-state index contributed by atoms with van der Waals surface area (Å²) in [6.07, 6.45) is 20.2. The molecule has 6 saturated carbocycles. The molecule has 7 aliphatic carbocycles. The van der Waals surface area contributed by atoms with Crippen molar-refractivity contribution >= 4 is 33.3 Å². The molecule has 0 aromatic carbocycles. The Morgan fingerprint density at radius 3 is 2.39 bits per heavy atom. The number of nitrogens with one attached hydrogen (secondary N) is 1. The van der Waals surface area contributed by atoms with Crippen molar-refractivity contribution in [2.45, 2.75) is 191 Å². The number of ketones is 1. The fraction of sp³-hybridized carbons (Fsp3) is 0.827. The average molecular weight is 952 g/mol. The summed E-state index contributed by atoms with van der Waals surface area (Å²) >= 11 is 0. The van der Waals surface area contributed by atoms with E-state index >= 15 is 0 Å². The van der Waals surface area contributed by atoms with Gasteiger partial charge in [-0.25, -0.2) is 4.98 Å². The predicted octanol–water partition coefficient (Wildman–Crippen LogP) is 7.24. The molecule has 1 aromatic heterocycles. The number of nitrogens with two attached hydrogens (primary N) is 1. The highest BCUT2D eigenvalue weighted by Crippen LogP contribution is 2.75. The van der Waals surface area contributed by atoms with Gasteiger partial charge in [0.2, 0.25) is 0 Å². The lowest BCUT2D eigenvalue weighted by Gasteiger charge is -2.64. The molecule has 2 heterocycles. The summed E-state index contributed by atoms with van der Waals surface area (Å²) in [4.78, 5) is 24.1. The Labute approximate surface area is 401 Å². The lowest BCUT2D eigenvalue weighted by Crippen LogP contribution is -2.68. The van der Waals surface area contributed by atoms with Gasteiger partial charge in [0.15, 0.2) is 11.7 Å². The monoisotopic (exact) mass is 952 g/mol. The maximum absolute atomic E-state index is 14.8. The Hall–Kier alpha value is -1.91. The highest BCUT2D eigenvalue weighted by molar-refractivity contribution is 8.77. The van der Waals surface area contributed by atoms with Crippen molar-refractivity contribution in [2.24, 2.45) is 67.9 Å². The molecule has 9 N–H and O–H groups in total. The number of rotatable bonds is 5. The molecule has 8 aliphatic rings. The molecule has 1 saturated heterocycles. The second kappa shape index (κ2) is 18.4. The van der Waals surface area contributed by atoms with Crippen molar-refractivity contribution in [1.82, 2.24) is 14.9 Å². The molecule has 368 valence electrons. The van der Waals surface area contributed by atoms with Crippen molar-refractivity contribution in [2.75, 3.05) is 18.9 Å². The molecule has 2 bridgehead atoms. The van der Waals surface area contributed by atoms with E-state index in [4.69, 9.17) is 10.7 Å². The Balaban J connectivity index is 1.22. The van der Waals surface area contributed by atoms with E-state index in [0.29, 0.717) is 30.3 Å². The molecule has 1 aromatic rings. The van der Waals surface area contributed by atoms with Crippen molar-refractivity contribution in [3.05, 3.63) is 41.5 Å². The van der Waals surface area contributed by atoms with Gasteiger partial charge < -0.3 is 46.3 Å². The minimum absolute atomic E-state index is 0.0786. The predicted molar refractivity (Wildman–Crippen MR) is 262 cm³/mol. The molecule has 66 heavy (non-hydrogen) atoms. The molecule has 0 unspecified atom stereocenters. The van der Waals surface area contributed by atoms with Crippen molar-refractivity contribution < 1.29 is 35.4 Å². The summed E-state index contributed by atoms with van der Waals surface area (Å²) in [7, 11) is 3.83. The van der Waals surface area contributed by atoms with Crippen LogP contribution in [0.15, 0.2) is 46.5 Å². The van der Waals surface area contributed by atoms with Gasteiger partial charge in [-0.05, 0) is 148 Å². The Morgan fingerprint density at radius 2 is 1.71 bits per heavy atom. The zero-order chi connectivity index (χ0) is 47.0. The molecule has 9 rings (SSSR count). The van der Waals surface area contributed by atoms with Gasteiger partial charge in [0.05, 0.1) is 36.8 Å². The number of aliphatic imine (C=N–C) groups is 1. The molecule has 14 atom stereocenters. The highest BCUT2D eigenvalue weighted by atomic mass is 33.1.